The van der Waals surface area contributed by atoms with E-state index in [0.29, 0.717) is 5.69 Å². The van der Waals surface area contributed by atoms with Gasteiger partial charge in [0.25, 0.3) is 0 Å². The predicted molar refractivity (Wildman–Crippen MR) is 61.2 cm³/mol. The summed E-state index contributed by atoms with van der Waals surface area (Å²) in [5.74, 6) is 0. The zero-order valence-corrected chi connectivity index (χ0v) is 9.65. The van der Waals surface area contributed by atoms with Gasteiger partial charge in [0.1, 0.15) is 0 Å². The highest BCUT2D eigenvalue weighted by atomic mass is 19.4. The third-order valence-electron chi connectivity index (χ3n) is 2.57. The average molecular weight is 255 g/mol. The number of hydrogen-bond acceptors (Lipinski definition) is 2. The van der Waals surface area contributed by atoms with E-state index in [-0.39, 0.29) is 6.04 Å². The molecule has 0 fully saturated rings. The lowest BCUT2D eigenvalue weighted by Crippen LogP contribution is -2.06. The van der Waals surface area contributed by atoms with Gasteiger partial charge in [-0.25, -0.2) is 4.68 Å². The van der Waals surface area contributed by atoms with E-state index >= 15 is 0 Å². The SMILES string of the molecule is CC(N)c1cccc(-n2cc(C(F)(F)F)cn2)c1. The van der Waals surface area contributed by atoms with Crippen LogP contribution in [0.3, 0.4) is 0 Å². The van der Waals surface area contributed by atoms with Crippen LogP contribution in [0.5, 0.6) is 0 Å². The molecule has 0 saturated heterocycles. The standard InChI is InChI=1S/C12H12F3N3/c1-8(16)9-3-2-4-11(5-9)18-7-10(6-17-18)12(13,14)15/h2-8H,16H2,1H3. The van der Waals surface area contributed by atoms with Gasteiger partial charge in [-0.2, -0.15) is 18.3 Å². The summed E-state index contributed by atoms with van der Waals surface area (Å²) in [6, 6.07) is 6.78. The number of hydrogen-bond donors (Lipinski definition) is 1. The van der Waals surface area contributed by atoms with E-state index in [2.05, 4.69) is 5.10 Å². The molecule has 1 unspecified atom stereocenters. The first-order valence-corrected chi connectivity index (χ1v) is 5.36. The van der Waals surface area contributed by atoms with E-state index in [0.717, 1.165) is 18.0 Å². The predicted octanol–water partition coefficient (Wildman–Crippen LogP) is 2.91. The van der Waals surface area contributed by atoms with Crippen LogP contribution in [0, 0.1) is 0 Å². The fourth-order valence-electron chi connectivity index (χ4n) is 1.56. The third-order valence-corrected chi connectivity index (χ3v) is 2.57. The molecular formula is C12H12F3N3. The van der Waals surface area contributed by atoms with Crippen molar-refractivity contribution in [2.24, 2.45) is 5.73 Å². The molecule has 1 aromatic heterocycles. The van der Waals surface area contributed by atoms with Gasteiger partial charge in [0, 0.05) is 12.2 Å². The Kier molecular flexibility index (Phi) is 3.13. The molecule has 1 aromatic carbocycles. The lowest BCUT2D eigenvalue weighted by atomic mass is 10.1. The first-order valence-electron chi connectivity index (χ1n) is 5.36. The maximum absolute atomic E-state index is 12.5. The summed E-state index contributed by atoms with van der Waals surface area (Å²) < 4.78 is 38.5. The minimum atomic E-state index is -4.38. The Morgan fingerprint density at radius 3 is 2.61 bits per heavy atom. The molecule has 0 bridgehead atoms. The molecule has 6 heteroatoms. The monoisotopic (exact) mass is 255 g/mol. The topological polar surface area (TPSA) is 43.8 Å². The van der Waals surface area contributed by atoms with Crippen molar-refractivity contribution in [3.05, 3.63) is 47.8 Å². The summed E-state index contributed by atoms with van der Waals surface area (Å²) >= 11 is 0. The van der Waals surface area contributed by atoms with Gasteiger partial charge in [0.2, 0.25) is 0 Å². The lowest BCUT2D eigenvalue weighted by Gasteiger charge is -2.08. The van der Waals surface area contributed by atoms with Crippen LogP contribution in [-0.4, -0.2) is 9.78 Å². The first kappa shape index (κ1) is 12.6. The first-order chi connectivity index (χ1) is 8.38. The molecule has 1 heterocycles. The second-order valence-electron chi connectivity index (χ2n) is 4.06. The Morgan fingerprint density at radius 2 is 2.06 bits per heavy atom. The zero-order valence-electron chi connectivity index (χ0n) is 9.65. The number of halogens is 3. The van der Waals surface area contributed by atoms with Crippen molar-refractivity contribution in [1.29, 1.82) is 0 Å². The molecule has 0 aliphatic rings. The molecule has 2 rings (SSSR count). The fraction of sp³-hybridized carbons (Fsp3) is 0.250. The Bertz CT molecular complexity index is 543. The van der Waals surface area contributed by atoms with E-state index in [1.807, 2.05) is 13.0 Å². The molecule has 2 aromatic rings. The zero-order chi connectivity index (χ0) is 13.3. The van der Waals surface area contributed by atoms with Gasteiger partial charge in [-0.05, 0) is 24.6 Å². The van der Waals surface area contributed by atoms with Gasteiger partial charge in [0.15, 0.2) is 0 Å². The number of benzene rings is 1. The number of rotatable bonds is 2. The van der Waals surface area contributed by atoms with E-state index in [9.17, 15) is 13.2 Å². The molecule has 0 saturated carbocycles. The molecule has 0 radical (unpaired) electrons. The highest BCUT2D eigenvalue weighted by Gasteiger charge is 2.32. The maximum atomic E-state index is 12.5. The molecule has 3 nitrogen and oxygen atoms in total. The van der Waals surface area contributed by atoms with E-state index in [1.165, 1.54) is 4.68 Å². The second kappa shape index (κ2) is 4.45. The molecule has 0 amide bonds. The van der Waals surface area contributed by atoms with E-state index < -0.39 is 11.7 Å². The van der Waals surface area contributed by atoms with Gasteiger partial charge in [-0.15, -0.1) is 0 Å². The Morgan fingerprint density at radius 1 is 1.33 bits per heavy atom. The van der Waals surface area contributed by atoms with Crippen LogP contribution >= 0.6 is 0 Å². The number of aromatic nitrogens is 2. The Balaban J connectivity index is 2.37. The molecular weight excluding hydrogens is 243 g/mol. The highest BCUT2D eigenvalue weighted by Crippen LogP contribution is 2.29. The van der Waals surface area contributed by atoms with E-state index in [4.69, 9.17) is 5.73 Å². The molecule has 96 valence electrons. The second-order valence-corrected chi connectivity index (χ2v) is 4.06. The summed E-state index contributed by atoms with van der Waals surface area (Å²) in [6.07, 6.45) is -2.62. The lowest BCUT2D eigenvalue weighted by molar-refractivity contribution is -0.137. The number of alkyl halides is 3. The summed E-state index contributed by atoms with van der Waals surface area (Å²) in [5, 5.41) is 3.71. The van der Waals surface area contributed by atoms with E-state index in [1.54, 1.807) is 18.2 Å². The van der Waals surface area contributed by atoms with Crippen LogP contribution in [-0.2, 0) is 6.18 Å². The summed E-state index contributed by atoms with van der Waals surface area (Å²) in [5.41, 5.74) is 6.36. The van der Waals surface area contributed by atoms with Crippen molar-refractivity contribution in [2.75, 3.05) is 0 Å². The summed E-state index contributed by atoms with van der Waals surface area (Å²) in [4.78, 5) is 0. The maximum Gasteiger partial charge on any atom is 0.419 e. The fourth-order valence-corrected chi connectivity index (χ4v) is 1.56. The van der Waals surface area contributed by atoms with Crippen LogP contribution in [0.4, 0.5) is 13.2 Å². The molecule has 1 atom stereocenters. The largest absolute Gasteiger partial charge is 0.419 e. The highest BCUT2D eigenvalue weighted by molar-refractivity contribution is 5.37. The van der Waals surface area contributed by atoms with Crippen molar-refractivity contribution in [2.45, 2.75) is 19.1 Å². The van der Waals surface area contributed by atoms with Gasteiger partial charge in [-0.3, -0.25) is 0 Å². The molecule has 0 spiro atoms. The average Bonchev–Trinajstić information content (AvgIpc) is 2.78. The van der Waals surface area contributed by atoms with Crippen molar-refractivity contribution < 1.29 is 13.2 Å². The summed E-state index contributed by atoms with van der Waals surface area (Å²) in [6.45, 7) is 1.81. The molecule has 0 aliphatic heterocycles. The number of nitrogens with zero attached hydrogens (tertiary/aromatic N) is 2. The minimum Gasteiger partial charge on any atom is -0.324 e. The van der Waals surface area contributed by atoms with Gasteiger partial charge in [-0.1, -0.05) is 12.1 Å². The van der Waals surface area contributed by atoms with Crippen LogP contribution in [0.25, 0.3) is 5.69 Å². The summed E-state index contributed by atoms with van der Waals surface area (Å²) in [7, 11) is 0. The van der Waals surface area contributed by atoms with Crippen molar-refractivity contribution in [1.82, 2.24) is 9.78 Å². The number of nitrogens with two attached hydrogens (primary N) is 1. The minimum absolute atomic E-state index is 0.178. The Hall–Kier alpha value is -1.82. The molecule has 18 heavy (non-hydrogen) atoms. The van der Waals surface area contributed by atoms with Crippen LogP contribution < -0.4 is 5.73 Å². The van der Waals surface area contributed by atoms with Crippen LogP contribution in [0.15, 0.2) is 36.7 Å². The third kappa shape index (κ3) is 2.53. The van der Waals surface area contributed by atoms with Crippen molar-refractivity contribution in [3.63, 3.8) is 0 Å². The van der Waals surface area contributed by atoms with Crippen molar-refractivity contribution >= 4 is 0 Å². The van der Waals surface area contributed by atoms with Gasteiger partial charge < -0.3 is 5.73 Å². The van der Waals surface area contributed by atoms with Crippen LogP contribution in [0.1, 0.15) is 24.1 Å². The quantitative estimate of drug-likeness (QED) is 0.896. The molecule has 0 aliphatic carbocycles. The Labute approximate surface area is 102 Å². The van der Waals surface area contributed by atoms with Crippen molar-refractivity contribution in [3.8, 4) is 5.69 Å². The molecule has 2 N–H and O–H groups in total. The smallest absolute Gasteiger partial charge is 0.324 e. The van der Waals surface area contributed by atoms with Gasteiger partial charge >= 0.3 is 6.18 Å². The normalized spacial score (nSPS) is 13.6. The van der Waals surface area contributed by atoms with Crippen LogP contribution in [0.2, 0.25) is 0 Å². The van der Waals surface area contributed by atoms with Gasteiger partial charge in [0.05, 0.1) is 17.4 Å².